The average molecular weight is 222 g/mol. The molecule has 0 saturated heterocycles. The highest BCUT2D eigenvalue weighted by atomic mass is 16.3. The third kappa shape index (κ3) is 5.24. The predicted molar refractivity (Wildman–Crippen MR) is 66.0 cm³/mol. The van der Waals surface area contributed by atoms with Crippen LogP contribution in [0.2, 0.25) is 0 Å². The van der Waals surface area contributed by atoms with Crippen molar-refractivity contribution in [2.75, 3.05) is 6.54 Å². The lowest BCUT2D eigenvalue weighted by Gasteiger charge is -2.25. The van der Waals surface area contributed by atoms with Crippen molar-refractivity contribution in [2.24, 2.45) is 5.92 Å². The van der Waals surface area contributed by atoms with E-state index in [1.807, 2.05) is 25.1 Å². The molecule has 0 aromatic carbocycles. The molecule has 0 aliphatic heterocycles. The number of nitrogens with one attached hydrogen (secondary N) is 1. The molecule has 0 bridgehead atoms. The van der Waals surface area contributed by atoms with E-state index in [0.29, 0.717) is 19.0 Å². The Morgan fingerprint density at radius 2 is 2.19 bits per heavy atom. The van der Waals surface area contributed by atoms with E-state index >= 15 is 0 Å². The molecule has 1 aromatic heterocycles. The van der Waals surface area contributed by atoms with Crippen LogP contribution in [0.3, 0.4) is 0 Å². The number of aliphatic hydroxyl groups is 1. The zero-order chi connectivity index (χ0) is 12.0. The van der Waals surface area contributed by atoms with Crippen LogP contribution in [0.4, 0.5) is 0 Å². The molecular formula is C13H22N2O. The first-order valence-corrected chi connectivity index (χ1v) is 5.82. The molecule has 1 atom stereocenters. The Morgan fingerprint density at radius 3 is 2.75 bits per heavy atom. The molecule has 16 heavy (non-hydrogen) atoms. The van der Waals surface area contributed by atoms with Gasteiger partial charge in [0.2, 0.25) is 0 Å². The van der Waals surface area contributed by atoms with Gasteiger partial charge in [0.15, 0.2) is 0 Å². The number of hydrogen-bond acceptors (Lipinski definition) is 3. The molecule has 1 rings (SSSR count). The summed E-state index contributed by atoms with van der Waals surface area (Å²) in [4.78, 5) is 4.22. The summed E-state index contributed by atoms with van der Waals surface area (Å²) in [5, 5.41) is 13.3. The Bertz CT molecular complexity index is 296. The zero-order valence-corrected chi connectivity index (χ0v) is 10.4. The second-order valence-corrected chi connectivity index (χ2v) is 5.02. The first kappa shape index (κ1) is 13.1. The molecule has 0 amide bonds. The van der Waals surface area contributed by atoms with Gasteiger partial charge in [-0.05, 0) is 31.4 Å². The molecule has 0 aliphatic rings. The minimum absolute atomic E-state index is 0.506. The highest BCUT2D eigenvalue weighted by molar-refractivity contribution is 5.03. The normalized spacial score (nSPS) is 15.1. The van der Waals surface area contributed by atoms with E-state index < -0.39 is 5.60 Å². The molecule has 0 radical (unpaired) electrons. The molecule has 0 saturated carbocycles. The van der Waals surface area contributed by atoms with Crippen molar-refractivity contribution in [1.29, 1.82) is 0 Å². The molecule has 2 N–H and O–H groups in total. The maximum Gasteiger partial charge on any atom is 0.0746 e. The van der Waals surface area contributed by atoms with Gasteiger partial charge in [-0.15, -0.1) is 0 Å². The summed E-state index contributed by atoms with van der Waals surface area (Å²) in [6.07, 6.45) is 2.59. The van der Waals surface area contributed by atoms with Crippen molar-refractivity contribution in [2.45, 2.75) is 39.3 Å². The lowest BCUT2D eigenvalue weighted by Crippen LogP contribution is -2.38. The van der Waals surface area contributed by atoms with E-state index in [2.05, 4.69) is 24.1 Å². The fraction of sp³-hybridized carbons (Fsp3) is 0.615. The van der Waals surface area contributed by atoms with Gasteiger partial charge in [0.05, 0.1) is 11.3 Å². The van der Waals surface area contributed by atoms with E-state index in [1.54, 1.807) is 6.20 Å². The van der Waals surface area contributed by atoms with Gasteiger partial charge < -0.3 is 10.4 Å². The van der Waals surface area contributed by atoms with Gasteiger partial charge in [-0.3, -0.25) is 4.98 Å². The van der Waals surface area contributed by atoms with E-state index in [4.69, 9.17) is 0 Å². The molecule has 0 spiro atoms. The van der Waals surface area contributed by atoms with Gasteiger partial charge in [0.1, 0.15) is 0 Å². The lowest BCUT2D eigenvalue weighted by molar-refractivity contribution is 0.0382. The molecule has 1 heterocycles. The Morgan fingerprint density at radius 1 is 1.44 bits per heavy atom. The summed E-state index contributed by atoms with van der Waals surface area (Å²) < 4.78 is 0. The van der Waals surface area contributed by atoms with Gasteiger partial charge in [-0.2, -0.15) is 0 Å². The molecule has 0 fully saturated rings. The minimum atomic E-state index is -0.636. The maximum absolute atomic E-state index is 10.1. The van der Waals surface area contributed by atoms with Crippen molar-refractivity contribution in [1.82, 2.24) is 10.3 Å². The monoisotopic (exact) mass is 222 g/mol. The van der Waals surface area contributed by atoms with Gasteiger partial charge >= 0.3 is 0 Å². The number of aromatic nitrogens is 1. The molecule has 0 aliphatic carbocycles. The average Bonchev–Trinajstić information content (AvgIpc) is 2.16. The predicted octanol–water partition coefficient (Wildman–Crippen LogP) is 1.97. The topological polar surface area (TPSA) is 45.1 Å². The minimum Gasteiger partial charge on any atom is -0.389 e. The SMILES string of the molecule is CC(C)CC(C)(O)CNCc1ccccn1. The molecule has 90 valence electrons. The third-order valence-electron chi connectivity index (χ3n) is 2.39. The van der Waals surface area contributed by atoms with Crippen molar-refractivity contribution in [3.05, 3.63) is 30.1 Å². The largest absolute Gasteiger partial charge is 0.389 e. The van der Waals surface area contributed by atoms with E-state index in [9.17, 15) is 5.11 Å². The molecule has 3 heteroatoms. The van der Waals surface area contributed by atoms with Crippen molar-refractivity contribution in [3.63, 3.8) is 0 Å². The first-order valence-electron chi connectivity index (χ1n) is 5.82. The Kier molecular flexibility index (Phi) is 4.90. The maximum atomic E-state index is 10.1. The van der Waals surface area contributed by atoms with Crippen molar-refractivity contribution >= 4 is 0 Å². The van der Waals surface area contributed by atoms with Crippen LogP contribution in [0.15, 0.2) is 24.4 Å². The fourth-order valence-electron chi connectivity index (χ4n) is 1.91. The summed E-state index contributed by atoms with van der Waals surface area (Å²) in [6.45, 7) is 7.41. The Balaban J connectivity index is 2.30. The molecule has 3 nitrogen and oxygen atoms in total. The summed E-state index contributed by atoms with van der Waals surface area (Å²) in [6, 6.07) is 5.85. The third-order valence-corrected chi connectivity index (χ3v) is 2.39. The highest BCUT2D eigenvalue weighted by Gasteiger charge is 2.20. The quantitative estimate of drug-likeness (QED) is 0.773. The molecule has 1 aromatic rings. The van der Waals surface area contributed by atoms with Crippen molar-refractivity contribution in [3.8, 4) is 0 Å². The second kappa shape index (κ2) is 5.97. The lowest BCUT2D eigenvalue weighted by atomic mass is 9.94. The van der Waals surface area contributed by atoms with Crippen LogP contribution in [0.5, 0.6) is 0 Å². The summed E-state index contributed by atoms with van der Waals surface area (Å²) in [7, 11) is 0. The number of rotatable bonds is 6. The number of nitrogens with zero attached hydrogens (tertiary/aromatic N) is 1. The van der Waals surface area contributed by atoms with Crippen LogP contribution in [0, 0.1) is 5.92 Å². The van der Waals surface area contributed by atoms with Crippen LogP contribution in [0.1, 0.15) is 32.9 Å². The van der Waals surface area contributed by atoms with Gasteiger partial charge in [-0.1, -0.05) is 19.9 Å². The van der Waals surface area contributed by atoms with E-state index in [1.165, 1.54) is 0 Å². The standard InChI is InChI=1S/C13H22N2O/c1-11(2)8-13(3,16)10-14-9-12-6-4-5-7-15-12/h4-7,11,14,16H,8-10H2,1-3H3. The van der Waals surface area contributed by atoms with Crippen LogP contribution in [0.25, 0.3) is 0 Å². The van der Waals surface area contributed by atoms with E-state index in [0.717, 1.165) is 12.1 Å². The van der Waals surface area contributed by atoms with Gasteiger partial charge in [-0.25, -0.2) is 0 Å². The van der Waals surface area contributed by atoms with E-state index in [-0.39, 0.29) is 0 Å². The molecule has 1 unspecified atom stereocenters. The van der Waals surface area contributed by atoms with Crippen LogP contribution >= 0.6 is 0 Å². The summed E-state index contributed by atoms with van der Waals surface area (Å²) in [5.41, 5.74) is 0.367. The smallest absolute Gasteiger partial charge is 0.0746 e. The molecular weight excluding hydrogens is 200 g/mol. The number of hydrogen-bond donors (Lipinski definition) is 2. The summed E-state index contributed by atoms with van der Waals surface area (Å²) >= 11 is 0. The number of pyridine rings is 1. The fourth-order valence-corrected chi connectivity index (χ4v) is 1.91. The van der Waals surface area contributed by atoms with Crippen molar-refractivity contribution < 1.29 is 5.11 Å². The van der Waals surface area contributed by atoms with Gasteiger partial charge in [0.25, 0.3) is 0 Å². The summed E-state index contributed by atoms with van der Waals surface area (Å²) in [5.74, 6) is 0.506. The second-order valence-electron chi connectivity index (χ2n) is 5.02. The first-order chi connectivity index (χ1) is 7.49. The van der Waals surface area contributed by atoms with Crippen LogP contribution in [-0.4, -0.2) is 22.2 Å². The van der Waals surface area contributed by atoms with Crippen LogP contribution in [-0.2, 0) is 6.54 Å². The zero-order valence-electron chi connectivity index (χ0n) is 10.4. The Hall–Kier alpha value is -0.930. The van der Waals surface area contributed by atoms with Crippen LogP contribution < -0.4 is 5.32 Å². The highest BCUT2D eigenvalue weighted by Crippen LogP contribution is 2.15. The van der Waals surface area contributed by atoms with Gasteiger partial charge in [0, 0.05) is 19.3 Å². The Labute approximate surface area is 97.9 Å².